The molecule has 2 atom stereocenters. The highest BCUT2D eigenvalue weighted by atomic mass is 16.5. The van der Waals surface area contributed by atoms with Crippen LogP contribution < -0.4 is 5.32 Å². The molecule has 0 amide bonds. The van der Waals surface area contributed by atoms with Gasteiger partial charge in [0.1, 0.15) is 0 Å². The number of benzene rings is 1. The second-order valence-electron chi connectivity index (χ2n) is 4.74. The molecule has 3 heteroatoms. The van der Waals surface area contributed by atoms with Crippen LogP contribution in [0.5, 0.6) is 0 Å². The van der Waals surface area contributed by atoms with Crippen LogP contribution in [-0.2, 0) is 15.9 Å². The molecule has 1 rings (SSSR count). The Hall–Kier alpha value is -0.900. The Bertz CT molecular complexity index is 337. The van der Waals surface area contributed by atoms with Crippen molar-refractivity contribution in [2.24, 2.45) is 0 Å². The summed E-state index contributed by atoms with van der Waals surface area (Å²) >= 11 is 0. The van der Waals surface area contributed by atoms with Crippen LogP contribution in [0.15, 0.2) is 24.3 Å². The van der Waals surface area contributed by atoms with Crippen LogP contribution >= 0.6 is 0 Å². The third-order valence-electron chi connectivity index (χ3n) is 3.24. The van der Waals surface area contributed by atoms with Crippen LogP contribution in [0.2, 0.25) is 0 Å². The molecule has 0 heterocycles. The molecule has 19 heavy (non-hydrogen) atoms. The van der Waals surface area contributed by atoms with Gasteiger partial charge in [0.05, 0.1) is 25.4 Å². The van der Waals surface area contributed by atoms with Crippen molar-refractivity contribution < 1.29 is 9.47 Å². The summed E-state index contributed by atoms with van der Waals surface area (Å²) in [5.74, 6) is 0. The fourth-order valence-electron chi connectivity index (χ4n) is 1.92. The van der Waals surface area contributed by atoms with Gasteiger partial charge in [-0.25, -0.2) is 0 Å². The molecule has 0 saturated heterocycles. The normalized spacial score (nSPS) is 14.3. The van der Waals surface area contributed by atoms with Crippen LogP contribution in [0.4, 0.5) is 0 Å². The van der Waals surface area contributed by atoms with E-state index in [1.165, 1.54) is 11.1 Å². The number of hydrogen-bond acceptors (Lipinski definition) is 3. The van der Waals surface area contributed by atoms with Crippen molar-refractivity contribution in [3.05, 3.63) is 35.4 Å². The molecule has 0 fully saturated rings. The summed E-state index contributed by atoms with van der Waals surface area (Å²) in [6.07, 6.45) is 1.21. The van der Waals surface area contributed by atoms with Crippen LogP contribution in [0, 0.1) is 0 Å². The minimum atomic E-state index is 0.130. The quantitative estimate of drug-likeness (QED) is 0.744. The lowest BCUT2D eigenvalue weighted by molar-refractivity contribution is -0.0110. The molecule has 0 aromatic heterocycles. The third-order valence-corrected chi connectivity index (χ3v) is 3.24. The van der Waals surface area contributed by atoms with Crippen molar-refractivity contribution in [2.45, 2.75) is 39.3 Å². The largest absolute Gasteiger partial charge is 0.379 e. The van der Waals surface area contributed by atoms with E-state index in [-0.39, 0.29) is 12.1 Å². The highest BCUT2D eigenvalue weighted by molar-refractivity contribution is 5.25. The van der Waals surface area contributed by atoms with E-state index in [4.69, 9.17) is 9.47 Å². The van der Waals surface area contributed by atoms with Gasteiger partial charge in [-0.15, -0.1) is 0 Å². The molecule has 0 aliphatic carbocycles. The molecule has 2 unspecified atom stereocenters. The van der Waals surface area contributed by atoms with Crippen molar-refractivity contribution >= 4 is 0 Å². The Morgan fingerprint density at radius 1 is 1.11 bits per heavy atom. The first-order valence-electron chi connectivity index (χ1n) is 7.16. The molecular weight excluding hydrogens is 238 g/mol. The SMILES string of the molecule is CCOCC(C)OCC(NC)c1ccc(CC)cc1. The topological polar surface area (TPSA) is 30.5 Å². The number of hydrogen-bond donors (Lipinski definition) is 1. The Kier molecular flexibility index (Phi) is 7.72. The van der Waals surface area contributed by atoms with Gasteiger partial charge in [0.15, 0.2) is 0 Å². The van der Waals surface area contributed by atoms with E-state index in [9.17, 15) is 0 Å². The summed E-state index contributed by atoms with van der Waals surface area (Å²) in [7, 11) is 1.97. The lowest BCUT2D eigenvalue weighted by atomic mass is 10.0. The molecular formula is C16H27NO2. The van der Waals surface area contributed by atoms with Crippen molar-refractivity contribution in [1.29, 1.82) is 0 Å². The van der Waals surface area contributed by atoms with Crippen LogP contribution in [0.3, 0.4) is 0 Å². The van der Waals surface area contributed by atoms with Gasteiger partial charge in [-0.1, -0.05) is 31.2 Å². The van der Waals surface area contributed by atoms with Crippen molar-refractivity contribution in [2.75, 3.05) is 26.9 Å². The van der Waals surface area contributed by atoms with Gasteiger partial charge in [-0.3, -0.25) is 0 Å². The first-order chi connectivity index (χ1) is 9.21. The fraction of sp³-hybridized carbons (Fsp3) is 0.625. The Morgan fingerprint density at radius 2 is 1.79 bits per heavy atom. The number of ether oxygens (including phenoxy) is 2. The van der Waals surface area contributed by atoms with Crippen molar-refractivity contribution in [3.8, 4) is 0 Å². The lowest BCUT2D eigenvalue weighted by Crippen LogP contribution is -2.26. The number of aryl methyl sites for hydroxylation is 1. The zero-order chi connectivity index (χ0) is 14.1. The predicted octanol–water partition coefficient (Wildman–Crippen LogP) is 2.95. The zero-order valence-electron chi connectivity index (χ0n) is 12.6. The van der Waals surface area contributed by atoms with Crippen LogP contribution in [0.25, 0.3) is 0 Å². The fourth-order valence-corrected chi connectivity index (χ4v) is 1.92. The predicted molar refractivity (Wildman–Crippen MR) is 79.5 cm³/mol. The van der Waals surface area contributed by atoms with E-state index in [0.29, 0.717) is 13.2 Å². The van der Waals surface area contributed by atoms with E-state index >= 15 is 0 Å². The molecule has 0 radical (unpaired) electrons. The molecule has 0 aliphatic rings. The number of nitrogens with one attached hydrogen (secondary N) is 1. The Morgan fingerprint density at radius 3 is 2.32 bits per heavy atom. The van der Waals surface area contributed by atoms with Gasteiger partial charge in [0, 0.05) is 6.61 Å². The van der Waals surface area contributed by atoms with Gasteiger partial charge in [0.25, 0.3) is 0 Å². The summed E-state index contributed by atoms with van der Waals surface area (Å²) in [4.78, 5) is 0. The van der Waals surface area contributed by atoms with Gasteiger partial charge in [0.2, 0.25) is 0 Å². The van der Waals surface area contributed by atoms with E-state index in [2.05, 4.69) is 36.5 Å². The van der Waals surface area contributed by atoms with E-state index in [1.807, 2.05) is 20.9 Å². The smallest absolute Gasteiger partial charge is 0.0781 e. The van der Waals surface area contributed by atoms with Crippen molar-refractivity contribution in [3.63, 3.8) is 0 Å². The van der Waals surface area contributed by atoms with Crippen LogP contribution in [0.1, 0.15) is 37.9 Å². The standard InChI is InChI=1S/C16H27NO2/c1-5-14-7-9-15(10-8-14)16(17-4)12-19-13(3)11-18-6-2/h7-10,13,16-17H,5-6,11-12H2,1-4H3. The Balaban J connectivity index is 2.47. The number of rotatable bonds is 9. The minimum Gasteiger partial charge on any atom is -0.379 e. The molecule has 3 nitrogen and oxygen atoms in total. The maximum absolute atomic E-state index is 5.82. The monoisotopic (exact) mass is 265 g/mol. The average molecular weight is 265 g/mol. The summed E-state index contributed by atoms with van der Waals surface area (Å²) in [6.45, 7) is 8.27. The average Bonchev–Trinajstić information content (AvgIpc) is 2.46. The van der Waals surface area contributed by atoms with Crippen LogP contribution in [-0.4, -0.2) is 33.0 Å². The van der Waals surface area contributed by atoms with Gasteiger partial charge in [-0.2, -0.15) is 0 Å². The maximum Gasteiger partial charge on any atom is 0.0781 e. The summed E-state index contributed by atoms with van der Waals surface area (Å²) in [6, 6.07) is 8.95. The summed E-state index contributed by atoms with van der Waals surface area (Å²) in [5, 5.41) is 3.30. The molecule has 0 bridgehead atoms. The van der Waals surface area contributed by atoms with Gasteiger partial charge >= 0.3 is 0 Å². The third kappa shape index (κ3) is 5.72. The summed E-state index contributed by atoms with van der Waals surface area (Å²) < 4.78 is 11.2. The zero-order valence-corrected chi connectivity index (χ0v) is 12.6. The molecule has 1 aromatic carbocycles. The first-order valence-corrected chi connectivity index (χ1v) is 7.16. The maximum atomic E-state index is 5.82. The molecule has 1 N–H and O–H groups in total. The summed E-state index contributed by atoms with van der Waals surface area (Å²) in [5.41, 5.74) is 2.63. The van der Waals surface area contributed by atoms with E-state index in [1.54, 1.807) is 0 Å². The highest BCUT2D eigenvalue weighted by Crippen LogP contribution is 2.15. The Labute approximate surface area is 117 Å². The molecule has 108 valence electrons. The van der Waals surface area contributed by atoms with Crippen molar-refractivity contribution in [1.82, 2.24) is 5.32 Å². The number of likely N-dealkylation sites (N-methyl/N-ethyl adjacent to an activating group) is 1. The first kappa shape index (κ1) is 16.2. The van der Waals surface area contributed by atoms with E-state index in [0.717, 1.165) is 13.0 Å². The van der Waals surface area contributed by atoms with E-state index < -0.39 is 0 Å². The molecule has 0 aliphatic heterocycles. The lowest BCUT2D eigenvalue weighted by Gasteiger charge is -2.20. The highest BCUT2D eigenvalue weighted by Gasteiger charge is 2.11. The molecule has 0 saturated carbocycles. The molecule has 0 spiro atoms. The second-order valence-corrected chi connectivity index (χ2v) is 4.74. The van der Waals surface area contributed by atoms with Gasteiger partial charge < -0.3 is 14.8 Å². The van der Waals surface area contributed by atoms with Gasteiger partial charge in [-0.05, 0) is 38.4 Å². The minimum absolute atomic E-state index is 0.130. The molecule has 1 aromatic rings. The second kappa shape index (κ2) is 9.08.